The third-order valence-electron chi connectivity index (χ3n) is 3.91. The van der Waals surface area contributed by atoms with Crippen LogP contribution in [0.2, 0.25) is 0 Å². The molecule has 0 radical (unpaired) electrons. The minimum Gasteiger partial charge on any atom is -0.378 e. The van der Waals surface area contributed by atoms with Crippen molar-refractivity contribution in [2.24, 2.45) is 5.73 Å². The van der Waals surface area contributed by atoms with Crippen molar-refractivity contribution in [3.63, 3.8) is 0 Å². The van der Waals surface area contributed by atoms with Crippen LogP contribution in [0.15, 0.2) is 18.2 Å². The number of likely N-dealkylation sites (N-methyl/N-ethyl adjacent to an activating group) is 1. The van der Waals surface area contributed by atoms with Gasteiger partial charge in [-0.05, 0) is 30.5 Å². The topological polar surface area (TPSA) is 67.6 Å². The zero-order valence-corrected chi connectivity index (χ0v) is 12.9. The van der Waals surface area contributed by atoms with Crippen molar-refractivity contribution in [1.82, 2.24) is 10.2 Å². The van der Waals surface area contributed by atoms with Crippen LogP contribution in [0.4, 0.5) is 0 Å². The van der Waals surface area contributed by atoms with Crippen LogP contribution < -0.4 is 11.1 Å². The zero-order chi connectivity index (χ0) is 15.2. The average Bonchev–Trinajstić information content (AvgIpc) is 2.50. The normalized spacial score (nSPS) is 19.5. The van der Waals surface area contributed by atoms with Gasteiger partial charge in [-0.25, -0.2) is 0 Å². The van der Waals surface area contributed by atoms with E-state index in [1.807, 2.05) is 6.92 Å². The Bertz CT molecular complexity index is 490. The smallest absolute Gasteiger partial charge is 0.239 e. The highest BCUT2D eigenvalue weighted by Gasteiger charge is 2.29. The van der Waals surface area contributed by atoms with Gasteiger partial charge < -0.3 is 15.8 Å². The molecule has 116 valence electrons. The Morgan fingerprint density at radius 2 is 2.33 bits per heavy atom. The number of rotatable bonds is 5. The first-order valence-corrected chi connectivity index (χ1v) is 7.53. The van der Waals surface area contributed by atoms with Crippen LogP contribution in [-0.2, 0) is 22.6 Å². The van der Waals surface area contributed by atoms with Gasteiger partial charge in [0.2, 0.25) is 5.91 Å². The lowest BCUT2D eigenvalue weighted by atomic mass is 10.0. The molecular weight excluding hydrogens is 266 g/mol. The van der Waals surface area contributed by atoms with Gasteiger partial charge in [-0.2, -0.15) is 0 Å². The molecule has 0 spiro atoms. The van der Waals surface area contributed by atoms with E-state index in [1.165, 1.54) is 11.1 Å². The SMILES string of the molecule is CCNC(=O)C1COCCN1Cc1ccc(CN)cc1C. The largest absolute Gasteiger partial charge is 0.378 e. The molecular formula is C16H25N3O2. The summed E-state index contributed by atoms with van der Waals surface area (Å²) in [5, 5.41) is 2.89. The van der Waals surface area contributed by atoms with E-state index in [0.717, 1.165) is 18.7 Å². The molecule has 0 aliphatic carbocycles. The number of nitrogens with two attached hydrogens (primary N) is 1. The second-order valence-electron chi connectivity index (χ2n) is 5.42. The first-order chi connectivity index (χ1) is 10.2. The Hall–Kier alpha value is -1.43. The van der Waals surface area contributed by atoms with Gasteiger partial charge in [0.1, 0.15) is 6.04 Å². The summed E-state index contributed by atoms with van der Waals surface area (Å²) in [6.45, 7) is 7.91. The highest BCUT2D eigenvalue weighted by Crippen LogP contribution is 2.17. The standard InChI is InChI=1S/C16H25N3O2/c1-3-18-16(20)15-11-21-7-6-19(15)10-14-5-4-13(9-17)8-12(14)2/h4-5,8,15H,3,6-7,9-11,17H2,1-2H3,(H,18,20). The molecule has 1 aromatic rings. The first-order valence-electron chi connectivity index (χ1n) is 7.53. The molecule has 1 amide bonds. The zero-order valence-electron chi connectivity index (χ0n) is 12.9. The fourth-order valence-corrected chi connectivity index (χ4v) is 2.64. The Labute approximate surface area is 126 Å². The molecule has 1 aliphatic heterocycles. The maximum Gasteiger partial charge on any atom is 0.239 e. The van der Waals surface area contributed by atoms with Crippen LogP contribution in [-0.4, -0.2) is 43.2 Å². The molecule has 0 aromatic heterocycles. The number of nitrogens with one attached hydrogen (secondary N) is 1. The summed E-state index contributed by atoms with van der Waals surface area (Å²) in [6.07, 6.45) is 0. The minimum atomic E-state index is -0.202. The van der Waals surface area contributed by atoms with Crippen LogP contribution >= 0.6 is 0 Å². The predicted molar refractivity (Wildman–Crippen MR) is 82.8 cm³/mol. The highest BCUT2D eigenvalue weighted by molar-refractivity contribution is 5.81. The van der Waals surface area contributed by atoms with Crippen LogP contribution in [0, 0.1) is 6.92 Å². The van der Waals surface area contributed by atoms with Gasteiger partial charge in [0.05, 0.1) is 13.2 Å². The summed E-state index contributed by atoms with van der Waals surface area (Å²) in [7, 11) is 0. The van der Waals surface area contributed by atoms with Crippen LogP contribution in [0.25, 0.3) is 0 Å². The first kappa shape index (κ1) is 15.9. The van der Waals surface area contributed by atoms with Crippen molar-refractivity contribution in [2.75, 3.05) is 26.3 Å². The number of hydrogen-bond donors (Lipinski definition) is 2. The van der Waals surface area contributed by atoms with E-state index in [2.05, 4.69) is 35.3 Å². The van der Waals surface area contributed by atoms with Crippen LogP contribution in [0.1, 0.15) is 23.6 Å². The number of aryl methyl sites for hydroxylation is 1. The second-order valence-corrected chi connectivity index (χ2v) is 5.42. The highest BCUT2D eigenvalue weighted by atomic mass is 16.5. The fourth-order valence-electron chi connectivity index (χ4n) is 2.64. The number of benzene rings is 1. The van der Waals surface area contributed by atoms with Gasteiger partial charge in [-0.15, -0.1) is 0 Å². The molecule has 5 nitrogen and oxygen atoms in total. The van der Waals surface area contributed by atoms with E-state index in [0.29, 0.717) is 26.3 Å². The lowest BCUT2D eigenvalue weighted by Gasteiger charge is -2.34. The van der Waals surface area contributed by atoms with Crippen molar-refractivity contribution in [2.45, 2.75) is 33.0 Å². The molecule has 2 rings (SSSR count). The summed E-state index contributed by atoms with van der Waals surface area (Å²) in [4.78, 5) is 14.3. The Morgan fingerprint density at radius 1 is 1.52 bits per heavy atom. The molecule has 0 saturated carbocycles. The molecule has 1 fully saturated rings. The molecule has 3 N–H and O–H groups in total. The summed E-state index contributed by atoms with van der Waals surface area (Å²) in [5.74, 6) is 0.0495. The molecule has 0 bridgehead atoms. The summed E-state index contributed by atoms with van der Waals surface area (Å²) >= 11 is 0. The number of carbonyl (C=O) groups is 1. The Morgan fingerprint density at radius 3 is 3.00 bits per heavy atom. The number of amides is 1. The number of carbonyl (C=O) groups excluding carboxylic acids is 1. The van der Waals surface area contributed by atoms with Gasteiger partial charge in [0.25, 0.3) is 0 Å². The Balaban J connectivity index is 2.10. The van der Waals surface area contributed by atoms with E-state index in [4.69, 9.17) is 10.5 Å². The lowest BCUT2D eigenvalue weighted by molar-refractivity contribution is -0.132. The van der Waals surface area contributed by atoms with Gasteiger partial charge in [-0.1, -0.05) is 18.2 Å². The van der Waals surface area contributed by atoms with Gasteiger partial charge >= 0.3 is 0 Å². The number of hydrogen-bond acceptors (Lipinski definition) is 4. The molecule has 5 heteroatoms. The predicted octanol–water partition coefficient (Wildman–Crippen LogP) is 0.791. The van der Waals surface area contributed by atoms with Gasteiger partial charge in [0.15, 0.2) is 0 Å². The minimum absolute atomic E-state index is 0.0495. The summed E-state index contributed by atoms with van der Waals surface area (Å²) < 4.78 is 5.47. The maximum absolute atomic E-state index is 12.1. The van der Waals surface area contributed by atoms with Crippen molar-refractivity contribution in [1.29, 1.82) is 0 Å². The molecule has 21 heavy (non-hydrogen) atoms. The molecule has 1 saturated heterocycles. The quantitative estimate of drug-likeness (QED) is 0.842. The monoisotopic (exact) mass is 291 g/mol. The molecule has 1 unspecified atom stereocenters. The average molecular weight is 291 g/mol. The van der Waals surface area contributed by atoms with Crippen LogP contribution in [0.5, 0.6) is 0 Å². The van der Waals surface area contributed by atoms with Crippen molar-refractivity contribution >= 4 is 5.91 Å². The van der Waals surface area contributed by atoms with E-state index in [-0.39, 0.29) is 11.9 Å². The second kappa shape index (κ2) is 7.54. The fraction of sp³-hybridized carbons (Fsp3) is 0.562. The lowest BCUT2D eigenvalue weighted by Crippen LogP contribution is -2.53. The Kier molecular flexibility index (Phi) is 5.73. The van der Waals surface area contributed by atoms with Crippen molar-refractivity contribution < 1.29 is 9.53 Å². The molecule has 1 heterocycles. The molecule has 1 aliphatic rings. The third-order valence-corrected chi connectivity index (χ3v) is 3.91. The summed E-state index contributed by atoms with van der Waals surface area (Å²) in [5.41, 5.74) is 9.27. The number of morpholine rings is 1. The number of nitrogens with zero attached hydrogens (tertiary/aromatic N) is 1. The van der Waals surface area contributed by atoms with Crippen molar-refractivity contribution in [3.05, 3.63) is 34.9 Å². The van der Waals surface area contributed by atoms with E-state index in [9.17, 15) is 4.79 Å². The van der Waals surface area contributed by atoms with E-state index in [1.54, 1.807) is 0 Å². The summed E-state index contributed by atoms with van der Waals surface area (Å²) in [6, 6.07) is 6.09. The number of ether oxygens (including phenoxy) is 1. The molecule has 1 atom stereocenters. The molecule has 1 aromatic carbocycles. The maximum atomic E-state index is 12.1. The van der Waals surface area contributed by atoms with E-state index < -0.39 is 0 Å². The third kappa shape index (κ3) is 4.03. The van der Waals surface area contributed by atoms with Crippen molar-refractivity contribution in [3.8, 4) is 0 Å². The van der Waals surface area contributed by atoms with E-state index >= 15 is 0 Å². The van der Waals surface area contributed by atoms with Gasteiger partial charge in [-0.3, -0.25) is 9.69 Å². The van der Waals surface area contributed by atoms with Crippen LogP contribution in [0.3, 0.4) is 0 Å². The van der Waals surface area contributed by atoms with Gasteiger partial charge in [0, 0.05) is 26.2 Å².